The van der Waals surface area contributed by atoms with Crippen LogP contribution in [-0.4, -0.2) is 22.6 Å². The lowest BCUT2D eigenvalue weighted by Crippen LogP contribution is -2.46. The number of hydrogen-bond acceptors (Lipinski definition) is 3. The smallest absolute Gasteiger partial charge is 0.282 e. The summed E-state index contributed by atoms with van der Waals surface area (Å²) < 4.78 is 5.80. The Balaban J connectivity index is 1.49. The van der Waals surface area contributed by atoms with E-state index in [1.807, 2.05) is 67.6 Å². The van der Waals surface area contributed by atoms with Crippen LogP contribution in [0.5, 0.6) is 5.75 Å². The summed E-state index contributed by atoms with van der Waals surface area (Å²) in [4.78, 5) is 16.5. The highest BCUT2D eigenvalue weighted by atomic mass is 35.5. The number of nitrogens with zero attached hydrogens (tertiary/aromatic N) is 1. The number of aromatic nitrogens is 1. The van der Waals surface area contributed by atoms with E-state index < -0.39 is 0 Å². The van der Waals surface area contributed by atoms with Gasteiger partial charge in [0.25, 0.3) is 5.91 Å². The monoisotopic (exact) mass is 417 g/mol. The van der Waals surface area contributed by atoms with Gasteiger partial charge >= 0.3 is 0 Å². The van der Waals surface area contributed by atoms with Crippen LogP contribution in [0.1, 0.15) is 21.6 Å². The third kappa shape index (κ3) is 3.43. The Hall–Kier alpha value is -3.28. The Morgan fingerprint density at radius 2 is 1.93 bits per heavy atom. The van der Waals surface area contributed by atoms with Crippen molar-refractivity contribution in [3.05, 3.63) is 88.6 Å². The first-order valence-electron chi connectivity index (χ1n) is 9.73. The number of benzene rings is 3. The fourth-order valence-corrected chi connectivity index (χ4v) is 4.05. The maximum absolute atomic E-state index is 13.3. The first-order chi connectivity index (χ1) is 14.6. The molecule has 1 aromatic heterocycles. The molecule has 2 N–H and O–H groups in total. The molecule has 1 aliphatic rings. The number of amides is 1. The van der Waals surface area contributed by atoms with Crippen LogP contribution in [0.4, 0.5) is 0 Å². The van der Waals surface area contributed by atoms with Crippen molar-refractivity contribution < 1.29 is 9.53 Å². The van der Waals surface area contributed by atoms with Gasteiger partial charge in [0.1, 0.15) is 11.4 Å². The Labute approximate surface area is 179 Å². The number of rotatable bonds is 3. The third-order valence-electron chi connectivity index (χ3n) is 5.26. The summed E-state index contributed by atoms with van der Waals surface area (Å²) in [5, 5.41) is 3.31. The highest BCUT2D eigenvalue weighted by Gasteiger charge is 2.24. The van der Waals surface area contributed by atoms with E-state index in [0.29, 0.717) is 17.3 Å². The third-order valence-corrected chi connectivity index (χ3v) is 5.50. The minimum Gasteiger partial charge on any atom is -0.476 e. The zero-order valence-electron chi connectivity index (χ0n) is 16.4. The topological polar surface area (TPSA) is 57.4 Å². The minimum atomic E-state index is -0.221. The van der Waals surface area contributed by atoms with Gasteiger partial charge in [-0.05, 0) is 36.8 Å². The Morgan fingerprint density at radius 1 is 1.10 bits per heavy atom. The minimum absolute atomic E-state index is 0.221. The zero-order valence-corrected chi connectivity index (χ0v) is 17.2. The Kier molecular flexibility index (Phi) is 4.69. The van der Waals surface area contributed by atoms with E-state index in [9.17, 15) is 4.79 Å². The normalized spacial score (nSPS) is 13.7. The average Bonchev–Trinajstić information content (AvgIpc) is 3.13. The van der Waals surface area contributed by atoms with Gasteiger partial charge in [-0.2, -0.15) is 5.01 Å². The summed E-state index contributed by atoms with van der Waals surface area (Å²) in [6.45, 7) is 2.91. The van der Waals surface area contributed by atoms with Crippen molar-refractivity contribution >= 4 is 28.4 Å². The van der Waals surface area contributed by atoms with E-state index in [4.69, 9.17) is 16.3 Å². The van der Waals surface area contributed by atoms with Crippen molar-refractivity contribution in [2.45, 2.75) is 13.5 Å². The van der Waals surface area contributed by atoms with E-state index in [2.05, 4.69) is 16.5 Å². The van der Waals surface area contributed by atoms with Crippen molar-refractivity contribution in [1.29, 1.82) is 0 Å². The molecule has 0 saturated carbocycles. The molecule has 1 amide bonds. The summed E-state index contributed by atoms with van der Waals surface area (Å²) in [6, 6.07) is 21.5. The maximum Gasteiger partial charge on any atom is 0.282 e. The molecule has 0 aliphatic carbocycles. The van der Waals surface area contributed by atoms with Crippen molar-refractivity contribution in [2.24, 2.45) is 0 Å². The average molecular weight is 418 g/mol. The molecule has 0 bridgehead atoms. The molecule has 1 aliphatic heterocycles. The number of hydrogen-bond donors (Lipinski definition) is 2. The molecule has 5 rings (SSSR count). The summed E-state index contributed by atoms with van der Waals surface area (Å²) in [6.07, 6.45) is 0. The SMILES string of the molecule is Cc1ccc2c(c1)CN(NC(=O)c1[nH]c3ccc(Cl)cc3c1-c1ccccc1)CO2. The number of aromatic amines is 1. The molecule has 4 aromatic rings. The lowest BCUT2D eigenvalue weighted by molar-refractivity contribution is 0.0389. The summed E-state index contributed by atoms with van der Waals surface area (Å²) >= 11 is 6.24. The standard InChI is InChI=1S/C24H20ClN3O2/c1-15-7-10-21-17(11-15)13-28(14-30-21)27-24(29)23-22(16-5-3-2-4-6-16)19-12-18(25)8-9-20(19)26-23/h2-12,26H,13-14H2,1H3,(H,27,29). The van der Waals surface area contributed by atoms with E-state index in [1.165, 1.54) is 0 Å². The number of halogens is 1. The lowest BCUT2D eigenvalue weighted by Gasteiger charge is -2.29. The van der Waals surface area contributed by atoms with E-state index in [1.54, 1.807) is 5.01 Å². The van der Waals surface area contributed by atoms with Gasteiger partial charge in [0.2, 0.25) is 0 Å². The number of carbonyl (C=O) groups is 1. The Morgan fingerprint density at radius 3 is 2.77 bits per heavy atom. The van der Waals surface area contributed by atoms with Gasteiger partial charge in [-0.15, -0.1) is 0 Å². The quantitative estimate of drug-likeness (QED) is 0.476. The fraction of sp³-hybridized carbons (Fsp3) is 0.125. The molecule has 2 heterocycles. The predicted octanol–water partition coefficient (Wildman–Crippen LogP) is 5.29. The van der Waals surface area contributed by atoms with Crippen molar-refractivity contribution in [3.63, 3.8) is 0 Å². The van der Waals surface area contributed by atoms with Crippen LogP contribution < -0.4 is 10.2 Å². The van der Waals surface area contributed by atoms with Gasteiger partial charge in [-0.25, -0.2) is 0 Å². The highest BCUT2D eigenvalue weighted by molar-refractivity contribution is 6.31. The van der Waals surface area contributed by atoms with Crippen LogP contribution in [0.2, 0.25) is 5.02 Å². The first kappa shape index (κ1) is 18.7. The van der Waals surface area contributed by atoms with Gasteiger partial charge < -0.3 is 9.72 Å². The van der Waals surface area contributed by atoms with Crippen LogP contribution in [0, 0.1) is 6.92 Å². The molecular weight excluding hydrogens is 398 g/mol. The lowest BCUT2D eigenvalue weighted by atomic mass is 10.0. The van der Waals surface area contributed by atoms with Crippen LogP contribution >= 0.6 is 11.6 Å². The van der Waals surface area contributed by atoms with Crippen LogP contribution in [0.25, 0.3) is 22.0 Å². The van der Waals surface area contributed by atoms with E-state index >= 15 is 0 Å². The largest absolute Gasteiger partial charge is 0.476 e. The summed E-state index contributed by atoms with van der Waals surface area (Å²) in [7, 11) is 0. The van der Waals surface area contributed by atoms with Crippen molar-refractivity contribution in [1.82, 2.24) is 15.4 Å². The molecule has 0 atom stereocenters. The molecule has 0 radical (unpaired) electrons. The molecule has 0 fully saturated rings. The molecule has 5 nitrogen and oxygen atoms in total. The van der Waals surface area contributed by atoms with Crippen LogP contribution in [0.15, 0.2) is 66.7 Å². The molecule has 6 heteroatoms. The van der Waals surface area contributed by atoms with Gasteiger partial charge in [-0.1, -0.05) is 59.6 Å². The molecule has 0 unspecified atom stereocenters. The van der Waals surface area contributed by atoms with Crippen molar-refractivity contribution in [3.8, 4) is 16.9 Å². The van der Waals surface area contributed by atoms with E-state index in [0.717, 1.165) is 38.9 Å². The first-order valence-corrected chi connectivity index (χ1v) is 10.1. The second-order valence-electron chi connectivity index (χ2n) is 7.45. The van der Waals surface area contributed by atoms with Crippen LogP contribution in [-0.2, 0) is 6.54 Å². The number of hydrazine groups is 1. The van der Waals surface area contributed by atoms with Gasteiger partial charge in [0.05, 0.1) is 6.54 Å². The number of H-pyrrole nitrogens is 1. The summed E-state index contributed by atoms with van der Waals surface area (Å²) in [5.41, 5.74) is 8.33. The molecule has 150 valence electrons. The molecule has 0 spiro atoms. The van der Waals surface area contributed by atoms with E-state index in [-0.39, 0.29) is 12.6 Å². The second kappa shape index (κ2) is 7.52. The van der Waals surface area contributed by atoms with Gasteiger partial charge in [0, 0.05) is 27.1 Å². The molecule has 3 aromatic carbocycles. The fourth-order valence-electron chi connectivity index (χ4n) is 3.88. The maximum atomic E-state index is 13.3. The van der Waals surface area contributed by atoms with Crippen molar-refractivity contribution in [2.75, 3.05) is 6.73 Å². The molecule has 0 saturated heterocycles. The number of fused-ring (bicyclic) bond motifs is 2. The highest BCUT2D eigenvalue weighted by Crippen LogP contribution is 2.34. The van der Waals surface area contributed by atoms with Crippen LogP contribution in [0.3, 0.4) is 0 Å². The number of nitrogens with one attached hydrogen (secondary N) is 2. The predicted molar refractivity (Wildman–Crippen MR) is 118 cm³/mol. The number of aryl methyl sites for hydroxylation is 1. The van der Waals surface area contributed by atoms with Gasteiger partial charge in [-0.3, -0.25) is 10.2 Å². The Bertz CT molecular complexity index is 1250. The number of carbonyl (C=O) groups excluding carboxylic acids is 1. The molecule has 30 heavy (non-hydrogen) atoms. The zero-order chi connectivity index (χ0) is 20.7. The second-order valence-corrected chi connectivity index (χ2v) is 7.89. The number of ether oxygens (including phenoxy) is 1. The molecular formula is C24H20ClN3O2. The van der Waals surface area contributed by atoms with Gasteiger partial charge in [0.15, 0.2) is 6.73 Å². The summed E-state index contributed by atoms with van der Waals surface area (Å²) in [5.74, 6) is 0.636.